The number of hydrogen-bond donors (Lipinski definition) is 1. The minimum Gasteiger partial charge on any atom is -0.345 e. The molecule has 2 bridgehead atoms. The minimum atomic E-state index is -0.515. The number of nitrogens with zero attached hydrogens (tertiary/aromatic N) is 2. The number of rotatable bonds is 4. The Labute approximate surface area is 188 Å². The molecule has 2 atom stereocenters. The number of pyridine rings is 1. The third-order valence-electron chi connectivity index (χ3n) is 6.33. The average Bonchev–Trinajstić information content (AvgIpc) is 2.75. The van der Waals surface area contributed by atoms with Crippen LogP contribution in [0.2, 0.25) is 0 Å². The molecule has 2 aliphatic carbocycles. The molecule has 2 unspecified atom stereocenters. The Bertz CT molecular complexity index is 1230. The molecular weight excluding hydrogens is 398 g/mol. The van der Waals surface area contributed by atoms with Gasteiger partial charge in [0.15, 0.2) is 0 Å². The molecule has 164 valence electrons. The number of carbonyl (C=O) groups is 1. The van der Waals surface area contributed by atoms with Crippen molar-refractivity contribution in [3.8, 4) is 0 Å². The predicted molar refractivity (Wildman–Crippen MR) is 130 cm³/mol. The molecule has 0 spiro atoms. The average molecular weight is 428 g/mol. The third-order valence-corrected chi connectivity index (χ3v) is 6.33. The predicted octanol–water partition coefficient (Wildman–Crippen LogP) is 4.52. The van der Waals surface area contributed by atoms with E-state index in [1.54, 1.807) is 25.1 Å². The van der Waals surface area contributed by atoms with Gasteiger partial charge in [0.1, 0.15) is 5.54 Å². The van der Waals surface area contributed by atoms with Crippen molar-refractivity contribution in [2.45, 2.75) is 32.2 Å². The van der Waals surface area contributed by atoms with Crippen LogP contribution in [0.1, 0.15) is 47.4 Å². The number of aromatic amines is 1. The Morgan fingerprint density at radius 3 is 2.75 bits per heavy atom. The quantitative estimate of drug-likeness (QED) is 0.576. The first-order chi connectivity index (χ1) is 15.4. The van der Waals surface area contributed by atoms with Gasteiger partial charge in [0, 0.05) is 55.5 Å². The summed E-state index contributed by atoms with van der Waals surface area (Å²) in [4.78, 5) is 34.2. The molecular formula is C27H29N3O2. The summed E-state index contributed by atoms with van der Waals surface area (Å²) >= 11 is 0. The van der Waals surface area contributed by atoms with Crippen molar-refractivity contribution in [3.05, 3.63) is 98.5 Å². The summed E-state index contributed by atoms with van der Waals surface area (Å²) in [6.07, 6.45) is 11.7. The highest BCUT2D eigenvalue weighted by atomic mass is 16.2. The number of allylic oxidation sites excluding steroid dienone is 3. The molecule has 0 aliphatic heterocycles. The van der Waals surface area contributed by atoms with Gasteiger partial charge < -0.3 is 9.88 Å². The summed E-state index contributed by atoms with van der Waals surface area (Å²) < 4.78 is 0. The highest BCUT2D eigenvalue weighted by molar-refractivity contribution is 5.98. The van der Waals surface area contributed by atoms with Gasteiger partial charge in [-0.2, -0.15) is 0 Å². The summed E-state index contributed by atoms with van der Waals surface area (Å²) in [5.41, 5.74) is 5.54. The summed E-state index contributed by atoms with van der Waals surface area (Å²) in [5, 5.41) is 0. The molecule has 1 aromatic heterocycles. The highest BCUT2D eigenvalue weighted by Gasteiger charge is 2.46. The number of amides is 1. The van der Waals surface area contributed by atoms with E-state index in [1.807, 2.05) is 48.7 Å². The van der Waals surface area contributed by atoms with E-state index < -0.39 is 5.54 Å². The molecule has 0 radical (unpaired) electrons. The van der Waals surface area contributed by atoms with Gasteiger partial charge in [-0.25, -0.2) is 0 Å². The van der Waals surface area contributed by atoms with Crippen molar-refractivity contribution in [2.75, 3.05) is 14.1 Å². The molecule has 32 heavy (non-hydrogen) atoms. The zero-order valence-electron chi connectivity index (χ0n) is 19.1. The topological polar surface area (TPSA) is 65.5 Å². The molecule has 5 heteroatoms. The normalized spacial score (nSPS) is 23.4. The molecule has 1 heterocycles. The monoisotopic (exact) mass is 427 g/mol. The van der Waals surface area contributed by atoms with E-state index >= 15 is 0 Å². The standard InChI is InChI=1S/C27H29N3O2/c1-5-22-20-15-18(2)17-27(22,23-12-13-25(31)29-24(23)16-20)28-14-8-10-19-9-6-7-11-21(19)26(32)30(3)4/h5-15,20H,16-17H2,1-4H3,(H,29,31)/b10-8+,22-5+,28-14?. The van der Waals surface area contributed by atoms with Crippen molar-refractivity contribution >= 4 is 18.2 Å². The zero-order chi connectivity index (χ0) is 22.9. The number of aliphatic imine (C=N–C) groups is 1. The van der Waals surface area contributed by atoms with E-state index in [1.165, 1.54) is 11.1 Å². The van der Waals surface area contributed by atoms with Gasteiger partial charge in [-0.1, -0.05) is 42.0 Å². The van der Waals surface area contributed by atoms with E-state index in [0.29, 0.717) is 5.56 Å². The number of H-pyrrole nitrogens is 1. The fraction of sp³-hybridized carbons (Fsp3) is 0.296. The summed E-state index contributed by atoms with van der Waals surface area (Å²) in [5.74, 6) is 0.205. The van der Waals surface area contributed by atoms with Crippen LogP contribution in [0.25, 0.3) is 6.08 Å². The second kappa shape index (κ2) is 8.58. The van der Waals surface area contributed by atoms with Crippen LogP contribution < -0.4 is 5.56 Å². The van der Waals surface area contributed by atoms with Gasteiger partial charge in [0.05, 0.1) is 0 Å². The lowest BCUT2D eigenvalue weighted by atomic mass is 9.63. The molecule has 5 nitrogen and oxygen atoms in total. The van der Waals surface area contributed by atoms with Gasteiger partial charge in [-0.3, -0.25) is 14.6 Å². The summed E-state index contributed by atoms with van der Waals surface area (Å²) in [7, 11) is 3.50. The maximum absolute atomic E-state index is 12.5. The van der Waals surface area contributed by atoms with Gasteiger partial charge in [-0.05, 0) is 49.6 Å². The van der Waals surface area contributed by atoms with Crippen molar-refractivity contribution in [1.29, 1.82) is 0 Å². The fourth-order valence-corrected chi connectivity index (χ4v) is 5.05. The van der Waals surface area contributed by atoms with Crippen LogP contribution in [0.4, 0.5) is 0 Å². The van der Waals surface area contributed by atoms with Crippen LogP contribution >= 0.6 is 0 Å². The number of nitrogens with one attached hydrogen (secondary N) is 1. The molecule has 0 fully saturated rings. The number of hydrogen-bond acceptors (Lipinski definition) is 3. The number of aromatic nitrogens is 1. The van der Waals surface area contributed by atoms with Gasteiger partial charge >= 0.3 is 0 Å². The lowest BCUT2D eigenvalue weighted by molar-refractivity contribution is 0.0827. The van der Waals surface area contributed by atoms with E-state index in [9.17, 15) is 9.59 Å². The van der Waals surface area contributed by atoms with E-state index in [4.69, 9.17) is 4.99 Å². The maximum Gasteiger partial charge on any atom is 0.253 e. The Balaban J connectivity index is 1.74. The third kappa shape index (κ3) is 3.79. The molecule has 1 N–H and O–H groups in total. The maximum atomic E-state index is 12.5. The summed E-state index contributed by atoms with van der Waals surface area (Å²) in [6.45, 7) is 4.22. The Kier molecular flexibility index (Phi) is 5.83. The number of carbonyl (C=O) groups excluding carboxylic acids is 1. The minimum absolute atomic E-state index is 0.0296. The van der Waals surface area contributed by atoms with E-state index in [0.717, 1.165) is 29.7 Å². The molecule has 0 saturated carbocycles. The van der Waals surface area contributed by atoms with Crippen LogP contribution in [-0.2, 0) is 12.0 Å². The van der Waals surface area contributed by atoms with Gasteiger partial charge in [-0.15, -0.1) is 0 Å². The molecule has 2 aliphatic rings. The van der Waals surface area contributed by atoms with Crippen LogP contribution in [0, 0.1) is 5.92 Å². The van der Waals surface area contributed by atoms with Crippen LogP contribution in [-0.4, -0.2) is 36.1 Å². The zero-order valence-corrected chi connectivity index (χ0v) is 19.1. The van der Waals surface area contributed by atoms with E-state index in [2.05, 4.69) is 31.0 Å². The first-order valence-electron chi connectivity index (χ1n) is 10.9. The molecule has 1 aromatic carbocycles. The van der Waals surface area contributed by atoms with E-state index in [-0.39, 0.29) is 17.4 Å². The highest BCUT2D eigenvalue weighted by Crippen LogP contribution is 2.51. The molecule has 1 amide bonds. The Morgan fingerprint density at radius 2 is 2.00 bits per heavy atom. The lowest BCUT2D eigenvalue weighted by Gasteiger charge is -2.45. The first-order valence-corrected chi connectivity index (χ1v) is 10.9. The van der Waals surface area contributed by atoms with Gasteiger partial charge in [0.2, 0.25) is 5.56 Å². The van der Waals surface area contributed by atoms with Crippen LogP contribution in [0.3, 0.4) is 0 Å². The Morgan fingerprint density at radius 1 is 1.22 bits per heavy atom. The second-order valence-electron chi connectivity index (χ2n) is 8.74. The fourth-order valence-electron chi connectivity index (χ4n) is 5.05. The van der Waals surface area contributed by atoms with Crippen molar-refractivity contribution in [3.63, 3.8) is 0 Å². The smallest absolute Gasteiger partial charge is 0.253 e. The molecule has 2 aromatic rings. The van der Waals surface area contributed by atoms with Crippen molar-refractivity contribution in [1.82, 2.24) is 9.88 Å². The Hall–Kier alpha value is -3.47. The SMILES string of the molecule is C/C=C1\C2C=C(C)CC1(N=C/C=C/c1ccccc1C(=O)N(C)C)c1ccc(=O)[nH]c1C2. The number of benzene rings is 1. The number of fused-ring (bicyclic) bond motifs is 4. The lowest BCUT2D eigenvalue weighted by Crippen LogP contribution is -2.40. The van der Waals surface area contributed by atoms with Gasteiger partial charge in [0.25, 0.3) is 5.91 Å². The largest absolute Gasteiger partial charge is 0.345 e. The van der Waals surface area contributed by atoms with Crippen LogP contribution in [0.15, 0.2) is 75.6 Å². The van der Waals surface area contributed by atoms with Crippen LogP contribution in [0.5, 0.6) is 0 Å². The second-order valence-corrected chi connectivity index (χ2v) is 8.74. The van der Waals surface area contributed by atoms with Crippen molar-refractivity contribution in [2.24, 2.45) is 10.9 Å². The summed E-state index contributed by atoms with van der Waals surface area (Å²) in [6, 6.07) is 11.1. The molecule has 4 rings (SSSR count). The first kappa shape index (κ1) is 21.8. The molecule has 0 saturated heterocycles. The van der Waals surface area contributed by atoms with Crippen molar-refractivity contribution < 1.29 is 4.79 Å².